The number of carboxylic acids is 1. The predicted octanol–water partition coefficient (Wildman–Crippen LogP) is 4.04. The van der Waals surface area contributed by atoms with Gasteiger partial charge in [-0.3, -0.25) is 4.90 Å². The number of rotatable bonds is 5. The molecule has 1 unspecified atom stereocenters. The number of aliphatic carboxylic acids is 1. The molecule has 126 valence electrons. The average Bonchev–Trinajstić information content (AvgIpc) is 2.55. The molecule has 0 aliphatic carbocycles. The summed E-state index contributed by atoms with van der Waals surface area (Å²) in [5, 5.41) is 10.1. The van der Waals surface area contributed by atoms with E-state index in [0.29, 0.717) is 16.1 Å². The number of hydrogen-bond acceptors (Lipinski definition) is 3. The summed E-state index contributed by atoms with van der Waals surface area (Å²) in [6.45, 7) is 1.83. The number of carboxylic acid groups (broad SMARTS) is 1. The van der Waals surface area contributed by atoms with E-state index in [0.717, 1.165) is 10.5 Å². The molecule has 0 fully saturated rings. The average molecular weight is 348 g/mol. The van der Waals surface area contributed by atoms with Crippen LogP contribution < -0.4 is 0 Å². The van der Waals surface area contributed by atoms with Gasteiger partial charge < -0.3 is 9.84 Å². The van der Waals surface area contributed by atoms with Crippen LogP contribution in [0.25, 0.3) is 0 Å². The lowest BCUT2D eigenvalue weighted by molar-refractivity contribution is -0.142. The van der Waals surface area contributed by atoms with E-state index in [9.17, 15) is 14.7 Å². The van der Waals surface area contributed by atoms with Gasteiger partial charge >= 0.3 is 12.1 Å². The summed E-state index contributed by atoms with van der Waals surface area (Å²) in [7, 11) is 1.40. The molecule has 0 radical (unpaired) electrons. The van der Waals surface area contributed by atoms with Gasteiger partial charge in [0.05, 0.1) is 0 Å². The molecule has 24 heavy (non-hydrogen) atoms. The van der Waals surface area contributed by atoms with E-state index in [2.05, 4.69) is 0 Å². The minimum absolute atomic E-state index is 0.0793. The second kappa shape index (κ2) is 7.84. The van der Waals surface area contributed by atoms with Crippen LogP contribution in [0.15, 0.2) is 48.5 Å². The summed E-state index contributed by atoms with van der Waals surface area (Å²) in [5.74, 6) is -1.14. The van der Waals surface area contributed by atoms with Crippen molar-refractivity contribution in [2.24, 2.45) is 0 Å². The Balaban J connectivity index is 2.15. The molecule has 0 aromatic heterocycles. The highest BCUT2D eigenvalue weighted by molar-refractivity contribution is 6.30. The third-order valence-corrected chi connectivity index (χ3v) is 3.88. The number of benzene rings is 2. The lowest BCUT2D eigenvalue weighted by Crippen LogP contribution is -2.36. The highest BCUT2D eigenvalue weighted by atomic mass is 35.5. The van der Waals surface area contributed by atoms with Crippen molar-refractivity contribution in [3.63, 3.8) is 0 Å². The summed E-state index contributed by atoms with van der Waals surface area (Å²) >= 11 is 5.91. The molecule has 0 bridgehead atoms. The fourth-order valence-electron chi connectivity index (χ4n) is 2.38. The Morgan fingerprint density at radius 1 is 1.21 bits per heavy atom. The molecule has 1 amide bonds. The summed E-state index contributed by atoms with van der Waals surface area (Å²) in [6.07, 6.45) is -0.708. The van der Waals surface area contributed by atoms with Crippen LogP contribution in [0.1, 0.15) is 22.7 Å². The van der Waals surface area contributed by atoms with Crippen molar-refractivity contribution in [3.8, 4) is 0 Å². The van der Waals surface area contributed by atoms with Crippen molar-refractivity contribution in [1.82, 2.24) is 4.90 Å². The molecular formula is C18H18ClNO4. The van der Waals surface area contributed by atoms with E-state index in [4.69, 9.17) is 16.3 Å². The SMILES string of the molecule is Cc1cc(Cl)ccc1C(C(=O)O)N(C)C(=O)OCc1ccccc1. The lowest BCUT2D eigenvalue weighted by Gasteiger charge is -2.25. The van der Waals surface area contributed by atoms with Crippen LogP contribution in [-0.4, -0.2) is 29.1 Å². The minimum Gasteiger partial charge on any atom is -0.479 e. The predicted molar refractivity (Wildman–Crippen MR) is 91.0 cm³/mol. The molecule has 1 atom stereocenters. The number of carbonyl (C=O) groups excluding carboxylic acids is 1. The zero-order valence-corrected chi connectivity index (χ0v) is 14.2. The molecule has 0 aliphatic heterocycles. The van der Waals surface area contributed by atoms with E-state index in [1.165, 1.54) is 7.05 Å². The molecule has 0 saturated heterocycles. The molecule has 0 heterocycles. The van der Waals surface area contributed by atoms with Crippen molar-refractivity contribution in [2.45, 2.75) is 19.6 Å². The number of amides is 1. The monoisotopic (exact) mass is 347 g/mol. The molecule has 1 N–H and O–H groups in total. The van der Waals surface area contributed by atoms with Gasteiger partial charge in [0.1, 0.15) is 6.61 Å². The first kappa shape index (κ1) is 17.8. The van der Waals surface area contributed by atoms with Crippen LogP contribution >= 0.6 is 11.6 Å². The third-order valence-electron chi connectivity index (χ3n) is 3.64. The molecular weight excluding hydrogens is 330 g/mol. The van der Waals surface area contributed by atoms with Gasteiger partial charge in [-0.05, 0) is 35.7 Å². The maximum Gasteiger partial charge on any atom is 0.410 e. The maximum absolute atomic E-state index is 12.2. The van der Waals surface area contributed by atoms with E-state index in [1.54, 1.807) is 25.1 Å². The van der Waals surface area contributed by atoms with Gasteiger partial charge in [0.2, 0.25) is 0 Å². The molecule has 0 aliphatic rings. The van der Waals surface area contributed by atoms with Gasteiger partial charge in [0.25, 0.3) is 0 Å². The Labute approximate surface area is 145 Å². The van der Waals surface area contributed by atoms with Crippen LogP contribution in [-0.2, 0) is 16.1 Å². The highest BCUT2D eigenvalue weighted by Crippen LogP contribution is 2.26. The molecule has 2 aromatic carbocycles. The first-order valence-corrected chi connectivity index (χ1v) is 7.70. The van der Waals surface area contributed by atoms with Crippen LogP contribution in [0.5, 0.6) is 0 Å². The number of carbonyl (C=O) groups is 2. The van der Waals surface area contributed by atoms with Gasteiger partial charge in [0.15, 0.2) is 6.04 Å². The maximum atomic E-state index is 12.2. The number of hydrogen-bond donors (Lipinski definition) is 1. The van der Waals surface area contributed by atoms with Gasteiger partial charge in [-0.2, -0.15) is 0 Å². The smallest absolute Gasteiger partial charge is 0.410 e. The second-order valence-electron chi connectivity index (χ2n) is 5.39. The minimum atomic E-state index is -1.15. The molecule has 0 spiro atoms. The number of likely N-dealkylation sites (N-methyl/N-ethyl adjacent to an activating group) is 1. The Morgan fingerprint density at radius 2 is 1.88 bits per heavy atom. The number of ether oxygens (including phenoxy) is 1. The zero-order valence-electron chi connectivity index (χ0n) is 13.4. The molecule has 6 heteroatoms. The Morgan fingerprint density at radius 3 is 2.46 bits per heavy atom. The van der Waals surface area contributed by atoms with Crippen molar-refractivity contribution >= 4 is 23.7 Å². The molecule has 2 rings (SSSR count). The van der Waals surface area contributed by atoms with Gasteiger partial charge in [-0.25, -0.2) is 9.59 Å². The van der Waals surface area contributed by atoms with Crippen molar-refractivity contribution < 1.29 is 19.4 Å². The van der Waals surface area contributed by atoms with Crippen molar-refractivity contribution in [1.29, 1.82) is 0 Å². The Hall–Kier alpha value is -2.53. The first-order valence-electron chi connectivity index (χ1n) is 7.32. The van der Waals surface area contributed by atoms with Crippen molar-refractivity contribution in [3.05, 3.63) is 70.2 Å². The van der Waals surface area contributed by atoms with Crippen molar-refractivity contribution in [2.75, 3.05) is 7.05 Å². The molecule has 2 aromatic rings. The molecule has 0 saturated carbocycles. The van der Waals surface area contributed by atoms with E-state index in [1.807, 2.05) is 30.3 Å². The largest absolute Gasteiger partial charge is 0.479 e. The zero-order chi connectivity index (χ0) is 17.7. The fourth-order valence-corrected chi connectivity index (χ4v) is 2.61. The van der Waals surface area contributed by atoms with Crippen LogP contribution in [0, 0.1) is 6.92 Å². The summed E-state index contributed by atoms with van der Waals surface area (Å²) in [4.78, 5) is 25.0. The van der Waals surface area contributed by atoms with Gasteiger partial charge in [-0.1, -0.05) is 48.0 Å². The van der Waals surface area contributed by atoms with E-state index in [-0.39, 0.29) is 6.61 Å². The second-order valence-corrected chi connectivity index (χ2v) is 5.83. The Kier molecular flexibility index (Phi) is 5.82. The summed E-state index contributed by atoms with van der Waals surface area (Å²) < 4.78 is 5.20. The highest BCUT2D eigenvalue weighted by Gasteiger charge is 2.30. The van der Waals surface area contributed by atoms with Gasteiger partial charge in [-0.15, -0.1) is 0 Å². The number of aryl methyl sites for hydroxylation is 1. The summed E-state index contributed by atoms with van der Waals surface area (Å²) in [6, 6.07) is 12.9. The standard InChI is InChI=1S/C18H18ClNO4/c1-12-10-14(19)8-9-15(12)16(17(21)22)20(2)18(23)24-11-13-6-4-3-5-7-13/h3-10,16H,11H2,1-2H3,(H,21,22). The van der Waals surface area contributed by atoms with Crippen LogP contribution in [0.3, 0.4) is 0 Å². The lowest BCUT2D eigenvalue weighted by atomic mass is 10.0. The molecule has 5 nitrogen and oxygen atoms in total. The number of halogens is 1. The van der Waals surface area contributed by atoms with E-state index < -0.39 is 18.1 Å². The normalized spacial score (nSPS) is 11.6. The topological polar surface area (TPSA) is 66.8 Å². The quantitative estimate of drug-likeness (QED) is 0.886. The third kappa shape index (κ3) is 4.26. The van der Waals surface area contributed by atoms with Gasteiger partial charge in [0, 0.05) is 12.1 Å². The Bertz CT molecular complexity index is 733. The number of nitrogens with zero attached hydrogens (tertiary/aromatic N) is 1. The fraction of sp³-hybridized carbons (Fsp3) is 0.222. The summed E-state index contributed by atoms with van der Waals surface area (Å²) in [5.41, 5.74) is 2.01. The van der Waals surface area contributed by atoms with Crippen LogP contribution in [0.2, 0.25) is 5.02 Å². The van der Waals surface area contributed by atoms with E-state index >= 15 is 0 Å². The van der Waals surface area contributed by atoms with Crippen LogP contribution in [0.4, 0.5) is 4.79 Å². The first-order chi connectivity index (χ1) is 11.4.